The molecule has 0 N–H and O–H groups in total. The van der Waals surface area contributed by atoms with Crippen molar-refractivity contribution < 1.29 is 9.13 Å². The third-order valence-electron chi connectivity index (χ3n) is 1.30. The molecule has 60 valence electrons. The molecule has 0 atom stereocenters. The van der Waals surface area contributed by atoms with Gasteiger partial charge in [-0.2, -0.15) is 0 Å². The third kappa shape index (κ3) is 2.39. The maximum absolute atomic E-state index is 11.6. The quantitative estimate of drug-likeness (QED) is 0.641. The number of rotatable bonds is 3. The molecule has 1 aromatic rings. The SMILES string of the molecule is FCOc1ccc(CCl)cc1. The van der Waals surface area contributed by atoms with Gasteiger partial charge < -0.3 is 4.74 Å². The van der Waals surface area contributed by atoms with E-state index >= 15 is 0 Å². The lowest BCUT2D eigenvalue weighted by Gasteiger charge is -2.00. The van der Waals surface area contributed by atoms with Crippen LogP contribution in [0.3, 0.4) is 0 Å². The molecule has 11 heavy (non-hydrogen) atoms. The number of hydrogen-bond donors (Lipinski definition) is 0. The second kappa shape index (κ2) is 4.19. The van der Waals surface area contributed by atoms with E-state index in [4.69, 9.17) is 11.6 Å². The number of ether oxygens (including phenoxy) is 1. The van der Waals surface area contributed by atoms with E-state index in [1.54, 1.807) is 24.3 Å². The van der Waals surface area contributed by atoms with E-state index in [1.807, 2.05) is 0 Å². The van der Waals surface area contributed by atoms with Crippen LogP contribution in [-0.4, -0.2) is 6.86 Å². The molecule has 0 spiro atoms. The van der Waals surface area contributed by atoms with Crippen molar-refractivity contribution >= 4 is 11.6 Å². The van der Waals surface area contributed by atoms with Gasteiger partial charge in [0.2, 0.25) is 6.86 Å². The van der Waals surface area contributed by atoms with Crippen LogP contribution in [0, 0.1) is 0 Å². The fourth-order valence-electron chi connectivity index (χ4n) is 0.738. The fraction of sp³-hybridized carbons (Fsp3) is 0.250. The summed E-state index contributed by atoms with van der Waals surface area (Å²) in [4.78, 5) is 0. The number of alkyl halides is 2. The van der Waals surface area contributed by atoms with Gasteiger partial charge in [0.05, 0.1) is 0 Å². The van der Waals surface area contributed by atoms with Gasteiger partial charge in [0, 0.05) is 5.88 Å². The molecule has 1 nitrogen and oxygen atoms in total. The van der Waals surface area contributed by atoms with Crippen LogP contribution >= 0.6 is 11.6 Å². The lowest BCUT2D eigenvalue weighted by atomic mass is 10.2. The van der Waals surface area contributed by atoms with Crippen molar-refractivity contribution in [2.75, 3.05) is 6.86 Å². The minimum atomic E-state index is -0.791. The molecule has 0 aliphatic carbocycles. The first-order chi connectivity index (χ1) is 5.36. The maximum atomic E-state index is 11.6. The van der Waals surface area contributed by atoms with Crippen molar-refractivity contribution in [1.29, 1.82) is 0 Å². The zero-order valence-electron chi connectivity index (χ0n) is 5.89. The maximum Gasteiger partial charge on any atom is 0.228 e. The van der Waals surface area contributed by atoms with E-state index in [0.717, 1.165) is 5.56 Å². The summed E-state index contributed by atoms with van der Waals surface area (Å²) in [7, 11) is 0. The molecule has 0 aliphatic heterocycles. The van der Waals surface area contributed by atoms with Gasteiger partial charge in [-0.3, -0.25) is 0 Å². The first-order valence-electron chi connectivity index (χ1n) is 3.20. The molecule has 0 heterocycles. The summed E-state index contributed by atoms with van der Waals surface area (Å²) < 4.78 is 16.2. The van der Waals surface area contributed by atoms with Crippen LogP contribution < -0.4 is 4.74 Å². The van der Waals surface area contributed by atoms with Gasteiger partial charge in [0.15, 0.2) is 0 Å². The van der Waals surface area contributed by atoms with Crippen molar-refractivity contribution in [3.05, 3.63) is 29.8 Å². The molecule has 0 fully saturated rings. The molecular formula is C8H8ClFO. The Morgan fingerprint density at radius 3 is 2.36 bits per heavy atom. The molecule has 0 unspecified atom stereocenters. The minimum Gasteiger partial charge on any atom is -0.463 e. The van der Waals surface area contributed by atoms with Crippen molar-refractivity contribution in [1.82, 2.24) is 0 Å². The lowest BCUT2D eigenvalue weighted by Crippen LogP contribution is -1.89. The largest absolute Gasteiger partial charge is 0.463 e. The predicted octanol–water partition coefficient (Wildman–Crippen LogP) is 2.73. The van der Waals surface area contributed by atoms with E-state index < -0.39 is 6.86 Å². The van der Waals surface area contributed by atoms with E-state index in [1.165, 1.54) is 0 Å². The van der Waals surface area contributed by atoms with Crippen LogP contribution in [-0.2, 0) is 5.88 Å². The van der Waals surface area contributed by atoms with Crippen LogP contribution in [0.15, 0.2) is 24.3 Å². The highest BCUT2D eigenvalue weighted by Crippen LogP contribution is 2.13. The Morgan fingerprint density at radius 2 is 1.91 bits per heavy atom. The normalized spacial score (nSPS) is 9.64. The standard InChI is InChI=1S/C8H8ClFO/c9-5-7-1-3-8(4-2-7)11-6-10/h1-4H,5-6H2. The summed E-state index contributed by atoms with van der Waals surface area (Å²) in [5.41, 5.74) is 0.998. The van der Waals surface area contributed by atoms with E-state index in [9.17, 15) is 4.39 Å². The predicted molar refractivity (Wildman–Crippen MR) is 42.6 cm³/mol. The van der Waals surface area contributed by atoms with Crippen LogP contribution in [0.4, 0.5) is 4.39 Å². The zero-order chi connectivity index (χ0) is 8.10. The molecule has 0 aromatic heterocycles. The monoisotopic (exact) mass is 174 g/mol. The summed E-state index contributed by atoms with van der Waals surface area (Å²) >= 11 is 5.54. The van der Waals surface area contributed by atoms with E-state index in [0.29, 0.717) is 11.6 Å². The Morgan fingerprint density at radius 1 is 1.27 bits per heavy atom. The van der Waals surface area contributed by atoms with Crippen molar-refractivity contribution in [3.8, 4) is 5.75 Å². The summed E-state index contributed by atoms with van der Waals surface area (Å²) in [5, 5.41) is 0. The Kier molecular flexibility index (Phi) is 3.17. The van der Waals surface area contributed by atoms with Crippen molar-refractivity contribution in [2.45, 2.75) is 5.88 Å². The Balaban J connectivity index is 2.66. The van der Waals surface area contributed by atoms with Crippen molar-refractivity contribution in [3.63, 3.8) is 0 Å². The second-order valence-electron chi connectivity index (χ2n) is 2.03. The molecule has 1 rings (SSSR count). The number of benzene rings is 1. The number of halogens is 2. The Labute approximate surface area is 69.7 Å². The molecule has 0 aliphatic rings. The van der Waals surface area contributed by atoms with Gasteiger partial charge >= 0.3 is 0 Å². The topological polar surface area (TPSA) is 9.23 Å². The average molecular weight is 175 g/mol. The smallest absolute Gasteiger partial charge is 0.228 e. The van der Waals surface area contributed by atoms with Gasteiger partial charge in [-0.05, 0) is 17.7 Å². The first-order valence-corrected chi connectivity index (χ1v) is 3.74. The highest BCUT2D eigenvalue weighted by molar-refractivity contribution is 6.17. The molecule has 0 saturated heterocycles. The molecule has 0 bridgehead atoms. The van der Waals surface area contributed by atoms with Gasteiger partial charge in [0.1, 0.15) is 5.75 Å². The molecule has 0 radical (unpaired) electrons. The summed E-state index contributed by atoms with van der Waals surface area (Å²) in [6.07, 6.45) is 0. The van der Waals surface area contributed by atoms with E-state index in [-0.39, 0.29) is 0 Å². The highest BCUT2D eigenvalue weighted by atomic mass is 35.5. The van der Waals surface area contributed by atoms with Gasteiger partial charge in [-0.25, -0.2) is 4.39 Å². The second-order valence-corrected chi connectivity index (χ2v) is 2.30. The molecule has 0 saturated carbocycles. The molecule has 3 heteroatoms. The summed E-state index contributed by atoms with van der Waals surface area (Å²) in [6.45, 7) is -0.791. The van der Waals surface area contributed by atoms with Gasteiger partial charge in [-0.1, -0.05) is 12.1 Å². The average Bonchev–Trinajstić information content (AvgIpc) is 2.07. The minimum absolute atomic E-state index is 0.468. The van der Waals surface area contributed by atoms with Crippen LogP contribution in [0.25, 0.3) is 0 Å². The molecule has 0 amide bonds. The first kappa shape index (κ1) is 8.34. The van der Waals surface area contributed by atoms with Crippen LogP contribution in [0.1, 0.15) is 5.56 Å². The van der Waals surface area contributed by atoms with Crippen LogP contribution in [0.5, 0.6) is 5.75 Å². The summed E-state index contributed by atoms with van der Waals surface area (Å²) in [6, 6.07) is 6.99. The number of hydrogen-bond acceptors (Lipinski definition) is 1. The zero-order valence-corrected chi connectivity index (χ0v) is 6.64. The van der Waals surface area contributed by atoms with Crippen LogP contribution in [0.2, 0.25) is 0 Å². The summed E-state index contributed by atoms with van der Waals surface area (Å²) in [5.74, 6) is 0.997. The fourth-order valence-corrected chi connectivity index (χ4v) is 0.916. The lowest BCUT2D eigenvalue weighted by molar-refractivity contribution is 0.192. The molecular weight excluding hydrogens is 167 g/mol. The van der Waals surface area contributed by atoms with Gasteiger partial charge in [-0.15, -0.1) is 11.6 Å². The molecule has 1 aromatic carbocycles. The van der Waals surface area contributed by atoms with Crippen molar-refractivity contribution in [2.24, 2.45) is 0 Å². The van der Waals surface area contributed by atoms with E-state index in [2.05, 4.69) is 4.74 Å². The Bertz CT molecular complexity index is 210. The highest BCUT2D eigenvalue weighted by Gasteiger charge is 1.92. The van der Waals surface area contributed by atoms with Gasteiger partial charge in [0.25, 0.3) is 0 Å². The Hall–Kier alpha value is -0.760. The third-order valence-corrected chi connectivity index (χ3v) is 1.61.